The first-order valence-corrected chi connectivity index (χ1v) is 8.59. The summed E-state index contributed by atoms with van der Waals surface area (Å²) in [7, 11) is 0. The Morgan fingerprint density at radius 2 is 1.96 bits per heavy atom. The number of nitrogens with zero attached hydrogens (tertiary/aromatic N) is 1. The fourth-order valence-corrected chi connectivity index (χ4v) is 2.95. The Kier molecular flexibility index (Phi) is 5.58. The fraction of sp³-hybridized carbons (Fsp3) is 0.158. The van der Waals surface area contributed by atoms with E-state index in [-0.39, 0.29) is 5.91 Å². The van der Waals surface area contributed by atoms with E-state index in [1.54, 1.807) is 17.5 Å². The van der Waals surface area contributed by atoms with Crippen LogP contribution in [0.4, 0.5) is 0 Å². The molecule has 3 rings (SSSR count). The molecule has 0 aliphatic rings. The minimum Gasteiger partial charge on any atom is -0.473 e. The maximum absolute atomic E-state index is 12.0. The standard InChI is InChI=1S/C19H18N2O2S/c22-18(12-17-9-5-11-24-17)21-13-16-8-4-10-20-19(16)23-14-15-6-2-1-3-7-15/h1-11H,12-14H2,(H,21,22). The van der Waals surface area contributed by atoms with E-state index >= 15 is 0 Å². The third-order valence-corrected chi connectivity index (χ3v) is 4.34. The van der Waals surface area contributed by atoms with Crippen LogP contribution < -0.4 is 10.1 Å². The number of pyridine rings is 1. The molecule has 3 aromatic rings. The van der Waals surface area contributed by atoms with Gasteiger partial charge in [0.15, 0.2) is 0 Å². The highest BCUT2D eigenvalue weighted by Crippen LogP contribution is 2.16. The summed E-state index contributed by atoms with van der Waals surface area (Å²) in [6.45, 7) is 0.857. The van der Waals surface area contributed by atoms with Crippen molar-refractivity contribution >= 4 is 17.2 Å². The molecule has 0 atom stereocenters. The van der Waals surface area contributed by atoms with Crippen LogP contribution in [0, 0.1) is 0 Å². The summed E-state index contributed by atoms with van der Waals surface area (Å²) in [5.74, 6) is 0.549. The first kappa shape index (κ1) is 16.2. The number of carbonyl (C=O) groups is 1. The molecule has 0 bridgehead atoms. The quantitative estimate of drug-likeness (QED) is 0.716. The van der Waals surface area contributed by atoms with E-state index in [1.807, 2.05) is 60.0 Å². The van der Waals surface area contributed by atoms with Gasteiger partial charge in [0.2, 0.25) is 11.8 Å². The normalized spacial score (nSPS) is 10.3. The maximum Gasteiger partial charge on any atom is 0.225 e. The van der Waals surface area contributed by atoms with Gasteiger partial charge in [0.05, 0.1) is 6.42 Å². The Labute approximate surface area is 145 Å². The Bertz CT molecular complexity index is 773. The van der Waals surface area contributed by atoms with Crippen molar-refractivity contribution in [2.75, 3.05) is 0 Å². The second-order valence-electron chi connectivity index (χ2n) is 5.27. The molecule has 1 amide bonds. The van der Waals surface area contributed by atoms with E-state index in [4.69, 9.17) is 4.74 Å². The van der Waals surface area contributed by atoms with Crippen LogP contribution in [0.15, 0.2) is 66.2 Å². The summed E-state index contributed by atoms with van der Waals surface area (Å²) in [5, 5.41) is 4.90. The average molecular weight is 338 g/mol. The number of amides is 1. The van der Waals surface area contributed by atoms with Gasteiger partial charge < -0.3 is 10.1 Å². The van der Waals surface area contributed by atoms with Crippen molar-refractivity contribution in [3.63, 3.8) is 0 Å². The average Bonchev–Trinajstić information content (AvgIpc) is 3.13. The van der Waals surface area contributed by atoms with Crippen LogP contribution >= 0.6 is 11.3 Å². The van der Waals surface area contributed by atoms with Crippen molar-refractivity contribution in [1.29, 1.82) is 0 Å². The number of carbonyl (C=O) groups excluding carboxylic acids is 1. The Hall–Kier alpha value is -2.66. The number of benzene rings is 1. The molecule has 0 saturated heterocycles. The van der Waals surface area contributed by atoms with E-state index in [1.165, 1.54) is 0 Å². The third kappa shape index (κ3) is 4.67. The van der Waals surface area contributed by atoms with Gasteiger partial charge in [0, 0.05) is 23.2 Å². The molecule has 0 unspecified atom stereocenters. The van der Waals surface area contributed by atoms with Crippen molar-refractivity contribution in [3.8, 4) is 5.88 Å². The van der Waals surface area contributed by atoms with Gasteiger partial charge in [-0.05, 0) is 23.1 Å². The first-order valence-electron chi connectivity index (χ1n) is 7.71. The molecule has 2 heterocycles. The summed E-state index contributed by atoms with van der Waals surface area (Å²) in [4.78, 5) is 17.3. The second kappa shape index (κ2) is 8.26. The van der Waals surface area contributed by atoms with E-state index in [9.17, 15) is 4.79 Å². The molecule has 0 aliphatic heterocycles. The molecule has 122 valence electrons. The lowest BCUT2D eigenvalue weighted by atomic mass is 10.2. The van der Waals surface area contributed by atoms with Crippen molar-refractivity contribution in [2.24, 2.45) is 0 Å². The zero-order chi connectivity index (χ0) is 16.6. The highest BCUT2D eigenvalue weighted by molar-refractivity contribution is 7.10. The third-order valence-electron chi connectivity index (χ3n) is 3.46. The number of aromatic nitrogens is 1. The number of nitrogens with one attached hydrogen (secondary N) is 1. The Balaban J connectivity index is 1.56. The zero-order valence-electron chi connectivity index (χ0n) is 13.1. The molecule has 24 heavy (non-hydrogen) atoms. The molecular weight excluding hydrogens is 320 g/mol. The molecule has 4 nitrogen and oxygen atoms in total. The Morgan fingerprint density at radius 1 is 1.08 bits per heavy atom. The topological polar surface area (TPSA) is 51.2 Å². The highest BCUT2D eigenvalue weighted by Gasteiger charge is 2.08. The van der Waals surface area contributed by atoms with Crippen LogP contribution in [0.25, 0.3) is 0 Å². The first-order chi connectivity index (χ1) is 11.8. The molecule has 1 N–H and O–H groups in total. The van der Waals surface area contributed by atoms with Crippen LogP contribution in [0.2, 0.25) is 0 Å². The number of hydrogen-bond acceptors (Lipinski definition) is 4. The Morgan fingerprint density at radius 3 is 2.75 bits per heavy atom. The molecule has 0 fully saturated rings. The monoisotopic (exact) mass is 338 g/mol. The van der Waals surface area contributed by atoms with Crippen molar-refractivity contribution in [3.05, 3.63) is 82.2 Å². The smallest absolute Gasteiger partial charge is 0.225 e. The number of ether oxygens (including phenoxy) is 1. The van der Waals surface area contributed by atoms with Crippen LogP contribution in [0.3, 0.4) is 0 Å². The van der Waals surface area contributed by atoms with Crippen LogP contribution in [-0.2, 0) is 24.4 Å². The molecule has 0 aliphatic carbocycles. The van der Waals surface area contributed by atoms with Gasteiger partial charge in [-0.25, -0.2) is 4.98 Å². The lowest BCUT2D eigenvalue weighted by Crippen LogP contribution is -2.24. The van der Waals surface area contributed by atoms with E-state index in [0.29, 0.717) is 25.5 Å². The molecular formula is C19H18N2O2S. The molecule has 1 aromatic carbocycles. The largest absolute Gasteiger partial charge is 0.473 e. The highest BCUT2D eigenvalue weighted by atomic mass is 32.1. The van der Waals surface area contributed by atoms with Gasteiger partial charge in [-0.1, -0.05) is 42.5 Å². The molecule has 0 spiro atoms. The van der Waals surface area contributed by atoms with Crippen molar-refractivity contribution in [2.45, 2.75) is 19.6 Å². The van der Waals surface area contributed by atoms with Gasteiger partial charge in [-0.15, -0.1) is 11.3 Å². The molecule has 0 radical (unpaired) electrons. The fourth-order valence-electron chi connectivity index (χ4n) is 2.24. The summed E-state index contributed by atoms with van der Waals surface area (Å²) in [6, 6.07) is 17.6. The van der Waals surface area contributed by atoms with Gasteiger partial charge in [-0.2, -0.15) is 0 Å². The number of rotatable bonds is 7. The number of hydrogen-bond donors (Lipinski definition) is 1. The van der Waals surface area contributed by atoms with Crippen LogP contribution in [0.1, 0.15) is 16.0 Å². The minimum atomic E-state index is -0.00434. The summed E-state index contributed by atoms with van der Waals surface area (Å²) < 4.78 is 5.80. The van der Waals surface area contributed by atoms with Crippen molar-refractivity contribution < 1.29 is 9.53 Å². The van der Waals surface area contributed by atoms with Crippen molar-refractivity contribution in [1.82, 2.24) is 10.3 Å². The lowest BCUT2D eigenvalue weighted by Gasteiger charge is -2.11. The van der Waals surface area contributed by atoms with Gasteiger partial charge in [0.1, 0.15) is 6.61 Å². The predicted molar refractivity (Wildman–Crippen MR) is 94.9 cm³/mol. The zero-order valence-corrected chi connectivity index (χ0v) is 14.0. The summed E-state index contributed by atoms with van der Waals surface area (Å²) in [5.41, 5.74) is 1.95. The molecule has 5 heteroatoms. The summed E-state index contributed by atoms with van der Waals surface area (Å²) >= 11 is 1.58. The van der Waals surface area contributed by atoms with E-state index in [2.05, 4.69) is 10.3 Å². The number of thiophene rings is 1. The SMILES string of the molecule is O=C(Cc1cccs1)NCc1cccnc1OCc1ccccc1. The van der Waals surface area contributed by atoms with Gasteiger partial charge in [0.25, 0.3) is 0 Å². The second-order valence-corrected chi connectivity index (χ2v) is 6.31. The van der Waals surface area contributed by atoms with Crippen LogP contribution in [0.5, 0.6) is 5.88 Å². The molecule has 0 saturated carbocycles. The van der Waals surface area contributed by atoms with Gasteiger partial charge >= 0.3 is 0 Å². The lowest BCUT2D eigenvalue weighted by molar-refractivity contribution is -0.120. The van der Waals surface area contributed by atoms with E-state index < -0.39 is 0 Å². The molecule has 2 aromatic heterocycles. The van der Waals surface area contributed by atoms with E-state index in [0.717, 1.165) is 16.0 Å². The predicted octanol–water partition coefficient (Wildman–Crippen LogP) is 3.58. The van der Waals surface area contributed by atoms with Crippen LogP contribution in [-0.4, -0.2) is 10.9 Å². The van der Waals surface area contributed by atoms with Gasteiger partial charge in [-0.3, -0.25) is 4.79 Å². The minimum absolute atomic E-state index is 0.00434. The summed E-state index contributed by atoms with van der Waals surface area (Å²) in [6.07, 6.45) is 2.09. The maximum atomic E-state index is 12.0.